The van der Waals surface area contributed by atoms with E-state index in [0.29, 0.717) is 6.54 Å². The van der Waals surface area contributed by atoms with Crippen LogP contribution in [0.1, 0.15) is 36.1 Å². The summed E-state index contributed by atoms with van der Waals surface area (Å²) in [5, 5.41) is 0. The molecule has 0 aliphatic heterocycles. The highest BCUT2D eigenvalue weighted by Gasteiger charge is 2.43. The van der Waals surface area contributed by atoms with Crippen LogP contribution in [0.25, 0.3) is 0 Å². The second-order valence-corrected chi connectivity index (χ2v) is 24.4. The quantitative estimate of drug-likeness (QED) is 0.442. The zero-order valence-corrected chi connectivity index (χ0v) is 18.9. The Labute approximate surface area is 159 Å². The molecule has 0 radical (unpaired) electrons. The summed E-state index contributed by atoms with van der Waals surface area (Å²) in [5.74, 6) is 0. The molecular formula is C16H51NO3Si4. The van der Waals surface area contributed by atoms with E-state index in [2.05, 4.69) is 58.9 Å². The largest absolute Gasteiger partial charge is 0.437 e. The van der Waals surface area contributed by atoms with Gasteiger partial charge < -0.3 is 18.1 Å². The summed E-state index contributed by atoms with van der Waals surface area (Å²) in [6.07, 6.45) is 0.963. The van der Waals surface area contributed by atoms with Gasteiger partial charge in [-0.1, -0.05) is 29.7 Å². The zero-order valence-electron chi connectivity index (χ0n) is 14.9. The Kier molecular flexibility index (Phi) is 19.3. The normalized spacial score (nSPS) is 14.2. The summed E-state index contributed by atoms with van der Waals surface area (Å²) < 4.78 is 19.3. The molecule has 1 atom stereocenters. The van der Waals surface area contributed by atoms with Gasteiger partial charge >= 0.3 is 17.1 Å². The molecule has 24 heavy (non-hydrogen) atoms. The molecule has 0 saturated carbocycles. The molecule has 1 unspecified atom stereocenters. The van der Waals surface area contributed by atoms with E-state index in [9.17, 15) is 0 Å². The van der Waals surface area contributed by atoms with E-state index in [1.165, 1.54) is 0 Å². The van der Waals surface area contributed by atoms with E-state index in [-0.39, 0.29) is 29.7 Å². The second-order valence-electron chi connectivity index (χ2n) is 7.96. The lowest BCUT2D eigenvalue weighted by molar-refractivity contribution is 0.323. The van der Waals surface area contributed by atoms with Crippen molar-refractivity contribution < 1.29 is 12.3 Å². The van der Waals surface area contributed by atoms with E-state index in [4.69, 9.17) is 18.1 Å². The van der Waals surface area contributed by atoms with Gasteiger partial charge in [0.05, 0.1) is 0 Å². The first-order valence-electron chi connectivity index (χ1n) is 7.49. The van der Waals surface area contributed by atoms with Gasteiger partial charge in [-0.2, -0.15) is 0 Å². The fourth-order valence-corrected chi connectivity index (χ4v) is 20.5. The molecule has 0 saturated heterocycles. The third-order valence-electron chi connectivity index (χ3n) is 2.37. The minimum atomic E-state index is -2.20. The highest BCUT2D eigenvalue weighted by Crippen LogP contribution is 2.27. The minimum absolute atomic E-state index is 0. The summed E-state index contributed by atoms with van der Waals surface area (Å²) in [6.45, 7) is 20.5. The monoisotopic (exact) mass is 417 g/mol. The van der Waals surface area contributed by atoms with Crippen molar-refractivity contribution in [2.75, 3.05) is 6.54 Å². The van der Waals surface area contributed by atoms with Crippen molar-refractivity contribution in [3.63, 3.8) is 0 Å². The topological polar surface area (TPSA) is 53.7 Å². The van der Waals surface area contributed by atoms with Crippen LogP contribution in [0.2, 0.25) is 65.0 Å². The summed E-state index contributed by atoms with van der Waals surface area (Å²) in [6, 6.07) is 0.958. The zero-order chi connectivity index (χ0) is 16.2. The van der Waals surface area contributed by atoms with Gasteiger partial charge in [0.25, 0.3) is 0 Å². The van der Waals surface area contributed by atoms with Crippen molar-refractivity contribution in [2.45, 2.75) is 101 Å². The Bertz CT molecular complexity index is 305. The van der Waals surface area contributed by atoms with Crippen LogP contribution in [0.15, 0.2) is 0 Å². The van der Waals surface area contributed by atoms with Gasteiger partial charge in [0.15, 0.2) is 16.6 Å². The number of nitrogens with two attached hydrogens (primary N) is 1. The molecule has 0 aromatic heterocycles. The molecule has 0 aliphatic carbocycles. The van der Waals surface area contributed by atoms with Crippen molar-refractivity contribution in [1.82, 2.24) is 0 Å². The fourth-order valence-electron chi connectivity index (χ4n) is 2.47. The second kappa shape index (κ2) is 13.0. The van der Waals surface area contributed by atoms with E-state index < -0.39 is 33.8 Å². The van der Waals surface area contributed by atoms with Crippen LogP contribution < -0.4 is 5.73 Å². The maximum Gasteiger partial charge on any atom is 0.315 e. The van der Waals surface area contributed by atoms with Gasteiger partial charge in [0.2, 0.25) is 0 Å². The van der Waals surface area contributed by atoms with Crippen LogP contribution in [-0.4, -0.2) is 40.3 Å². The van der Waals surface area contributed by atoms with Gasteiger partial charge in [-0.05, 0) is 77.9 Å². The lowest BCUT2D eigenvalue weighted by Gasteiger charge is -2.41. The first kappa shape index (κ1) is 35.8. The first-order valence-corrected chi connectivity index (χ1v) is 19.6. The molecule has 0 aromatic rings. The molecule has 2 N–H and O–H groups in total. The molecule has 0 heterocycles. The average Bonchev–Trinajstić information content (AvgIpc) is 2.05. The standard InChI is InChI=1S/C12H35NO3Si4.4CH4/c1-17(2,3)14-19(7,8)16-20(9,12-10-11-13)15-18(4,5)6;;;;/h10-13H2,1-9H3;4*1H4. The average molecular weight is 418 g/mol. The molecule has 0 spiro atoms. The predicted molar refractivity (Wildman–Crippen MR) is 124 cm³/mol. The maximum atomic E-state index is 6.53. The third kappa shape index (κ3) is 19.0. The van der Waals surface area contributed by atoms with Crippen molar-refractivity contribution in [3.05, 3.63) is 0 Å². The van der Waals surface area contributed by atoms with E-state index >= 15 is 0 Å². The maximum absolute atomic E-state index is 6.53. The third-order valence-corrected chi connectivity index (χ3v) is 15.9. The highest BCUT2D eigenvalue weighted by atomic mass is 28.5. The molecule has 154 valence electrons. The van der Waals surface area contributed by atoms with Crippen LogP contribution in [0, 0.1) is 0 Å². The number of rotatable bonds is 9. The van der Waals surface area contributed by atoms with Crippen LogP contribution in [-0.2, 0) is 12.3 Å². The first-order chi connectivity index (χ1) is 8.68. The Morgan fingerprint density at radius 3 is 1.29 bits per heavy atom. The van der Waals surface area contributed by atoms with Crippen LogP contribution in [0.4, 0.5) is 0 Å². The van der Waals surface area contributed by atoms with E-state index in [1.54, 1.807) is 0 Å². The Balaban J connectivity index is -0.000000301. The highest BCUT2D eigenvalue weighted by molar-refractivity contribution is 6.89. The molecule has 0 amide bonds. The van der Waals surface area contributed by atoms with Crippen molar-refractivity contribution >= 4 is 33.8 Å². The molecule has 0 fully saturated rings. The number of hydrogen-bond donors (Lipinski definition) is 1. The lowest BCUT2D eigenvalue weighted by Crippen LogP contribution is -2.56. The van der Waals surface area contributed by atoms with Gasteiger partial charge in [0.1, 0.15) is 0 Å². The molecule has 0 bridgehead atoms. The van der Waals surface area contributed by atoms with Crippen LogP contribution >= 0.6 is 0 Å². The Morgan fingerprint density at radius 1 is 0.625 bits per heavy atom. The fraction of sp³-hybridized carbons (Fsp3) is 1.00. The van der Waals surface area contributed by atoms with Gasteiger partial charge in [-0.3, -0.25) is 0 Å². The SMILES string of the molecule is C.C.C.C.C[Si](C)(C)O[Si](C)(C)O[Si](C)(CCCN)O[Si](C)(C)C. The van der Waals surface area contributed by atoms with Gasteiger partial charge in [-0.25, -0.2) is 0 Å². The van der Waals surface area contributed by atoms with Crippen molar-refractivity contribution in [2.24, 2.45) is 5.73 Å². The Hall–Kier alpha value is 0.708. The molecule has 0 aromatic carbocycles. The summed E-state index contributed by atoms with van der Waals surface area (Å²) in [4.78, 5) is 0. The predicted octanol–water partition coefficient (Wildman–Crippen LogP) is 6.37. The van der Waals surface area contributed by atoms with E-state index in [0.717, 1.165) is 12.5 Å². The Morgan fingerprint density at radius 2 is 1.00 bits per heavy atom. The molecule has 0 rings (SSSR count). The molecule has 0 aliphatic rings. The summed E-state index contributed by atoms with van der Waals surface area (Å²) in [5.41, 5.74) is 5.67. The molecule has 4 nitrogen and oxygen atoms in total. The minimum Gasteiger partial charge on any atom is -0.437 e. The summed E-state index contributed by atoms with van der Waals surface area (Å²) in [7, 11) is -7.56. The smallest absolute Gasteiger partial charge is 0.315 e. The van der Waals surface area contributed by atoms with Crippen LogP contribution in [0.3, 0.4) is 0 Å². The molecular weight excluding hydrogens is 367 g/mol. The summed E-state index contributed by atoms with van der Waals surface area (Å²) >= 11 is 0. The molecule has 8 heteroatoms. The number of hydrogen-bond acceptors (Lipinski definition) is 4. The lowest BCUT2D eigenvalue weighted by atomic mass is 10.5. The van der Waals surface area contributed by atoms with Gasteiger partial charge in [-0.15, -0.1) is 0 Å². The van der Waals surface area contributed by atoms with Crippen LogP contribution in [0.5, 0.6) is 0 Å². The van der Waals surface area contributed by atoms with Gasteiger partial charge in [0, 0.05) is 0 Å². The van der Waals surface area contributed by atoms with Crippen molar-refractivity contribution in [1.29, 1.82) is 0 Å². The van der Waals surface area contributed by atoms with E-state index in [1.807, 2.05) is 0 Å². The van der Waals surface area contributed by atoms with Crippen molar-refractivity contribution in [3.8, 4) is 0 Å².